The van der Waals surface area contributed by atoms with Crippen LogP contribution in [0.2, 0.25) is 0 Å². The van der Waals surface area contributed by atoms with Gasteiger partial charge in [-0.15, -0.1) is 0 Å². The van der Waals surface area contributed by atoms with Crippen molar-refractivity contribution in [3.8, 4) is 0 Å². The fraction of sp³-hybridized carbons (Fsp3) is 0.500. The van der Waals surface area contributed by atoms with Crippen molar-refractivity contribution in [2.24, 2.45) is 17.3 Å². The number of aliphatic carboxylic acids is 1. The van der Waals surface area contributed by atoms with Crippen LogP contribution < -0.4 is 5.32 Å². The third-order valence-corrected chi connectivity index (χ3v) is 4.37. The molecule has 1 saturated carbocycles. The van der Waals surface area contributed by atoms with E-state index in [1.54, 1.807) is 44.2 Å². The molecule has 0 saturated heterocycles. The van der Waals surface area contributed by atoms with E-state index >= 15 is 0 Å². The lowest BCUT2D eigenvalue weighted by molar-refractivity contribution is -0.162. The molecular formula is C16H18F3NO3. The quantitative estimate of drug-likeness (QED) is 0.873. The number of alkyl halides is 3. The first-order chi connectivity index (χ1) is 10.5. The van der Waals surface area contributed by atoms with E-state index < -0.39 is 41.3 Å². The Labute approximate surface area is 131 Å². The largest absolute Gasteiger partial charge is 0.481 e. The van der Waals surface area contributed by atoms with Crippen LogP contribution in [0.3, 0.4) is 0 Å². The molecule has 0 aromatic heterocycles. The molecule has 0 heterocycles. The normalized spacial score (nSPS) is 23.9. The predicted octanol–water partition coefficient (Wildman–Crippen LogP) is 2.63. The zero-order valence-corrected chi connectivity index (χ0v) is 12.7. The van der Waals surface area contributed by atoms with E-state index in [-0.39, 0.29) is 6.42 Å². The number of halogens is 3. The summed E-state index contributed by atoms with van der Waals surface area (Å²) < 4.78 is 39.5. The monoisotopic (exact) mass is 329 g/mol. The van der Waals surface area contributed by atoms with Crippen LogP contribution in [0.5, 0.6) is 0 Å². The molecule has 7 heteroatoms. The van der Waals surface area contributed by atoms with Gasteiger partial charge < -0.3 is 10.4 Å². The molecule has 3 atom stereocenters. The molecule has 0 spiro atoms. The van der Waals surface area contributed by atoms with Gasteiger partial charge in [0.15, 0.2) is 0 Å². The highest BCUT2D eigenvalue weighted by atomic mass is 19.4. The van der Waals surface area contributed by atoms with Gasteiger partial charge in [0.2, 0.25) is 5.91 Å². The number of hydrogen-bond donors (Lipinski definition) is 2. The zero-order chi connectivity index (χ0) is 17.4. The Morgan fingerprint density at radius 1 is 1.22 bits per heavy atom. The number of carboxylic acids is 1. The number of carbonyl (C=O) groups excluding carboxylic acids is 1. The Morgan fingerprint density at radius 2 is 1.78 bits per heavy atom. The molecule has 0 aliphatic heterocycles. The van der Waals surface area contributed by atoms with Gasteiger partial charge in [-0.25, -0.2) is 0 Å². The van der Waals surface area contributed by atoms with Gasteiger partial charge in [-0.05, 0) is 11.0 Å². The third-order valence-electron chi connectivity index (χ3n) is 4.37. The summed E-state index contributed by atoms with van der Waals surface area (Å²) in [6, 6.07) is 5.99. The van der Waals surface area contributed by atoms with Crippen LogP contribution in [0.1, 0.15) is 19.4 Å². The second kappa shape index (κ2) is 5.86. The first kappa shape index (κ1) is 17.3. The van der Waals surface area contributed by atoms with E-state index in [1.165, 1.54) is 0 Å². The lowest BCUT2D eigenvalue weighted by Gasteiger charge is -2.22. The standard InChI is InChI=1S/C16H18F3NO3/c1-15(2)11(12(15)14(22)23)13(21)20-10(16(17,18)19)8-9-6-4-3-5-7-9/h3-7,10-12H,8H2,1-2H3,(H,20,21)(H,22,23)/t10?,11-,12+/m1/s1. The van der Waals surface area contributed by atoms with E-state index in [1.807, 2.05) is 5.32 Å². The summed E-state index contributed by atoms with van der Waals surface area (Å²) in [6.07, 6.45) is -5.00. The lowest BCUT2D eigenvalue weighted by Crippen LogP contribution is -2.48. The van der Waals surface area contributed by atoms with Crippen molar-refractivity contribution in [1.29, 1.82) is 0 Å². The van der Waals surface area contributed by atoms with Crippen LogP contribution >= 0.6 is 0 Å². The molecule has 1 aromatic rings. The molecule has 23 heavy (non-hydrogen) atoms. The molecule has 1 fully saturated rings. The van der Waals surface area contributed by atoms with Crippen molar-refractivity contribution in [1.82, 2.24) is 5.32 Å². The molecule has 1 unspecified atom stereocenters. The molecule has 2 N–H and O–H groups in total. The minimum absolute atomic E-state index is 0.388. The fourth-order valence-electron chi connectivity index (χ4n) is 2.95. The number of nitrogens with one attached hydrogen (secondary N) is 1. The Hall–Kier alpha value is -2.05. The summed E-state index contributed by atoms with van der Waals surface area (Å²) in [4.78, 5) is 23.2. The van der Waals surface area contributed by atoms with Crippen molar-refractivity contribution in [2.45, 2.75) is 32.5 Å². The number of carboxylic acid groups (broad SMARTS) is 1. The number of carbonyl (C=O) groups is 2. The van der Waals surface area contributed by atoms with E-state index in [4.69, 9.17) is 5.11 Å². The molecule has 1 aliphatic carbocycles. The lowest BCUT2D eigenvalue weighted by atomic mass is 10.0. The predicted molar refractivity (Wildman–Crippen MR) is 76.5 cm³/mol. The second-order valence-electron chi connectivity index (χ2n) is 6.41. The SMILES string of the molecule is CC1(C)[C@H](C(=O)O)[C@@H]1C(=O)NC(Cc1ccccc1)C(F)(F)F. The molecule has 4 nitrogen and oxygen atoms in total. The minimum Gasteiger partial charge on any atom is -0.481 e. The third kappa shape index (κ3) is 3.65. The first-order valence-corrected chi connectivity index (χ1v) is 7.19. The maximum atomic E-state index is 13.2. The summed E-state index contributed by atoms with van der Waals surface area (Å²) >= 11 is 0. The fourth-order valence-corrected chi connectivity index (χ4v) is 2.95. The van der Waals surface area contributed by atoms with Crippen molar-refractivity contribution in [3.63, 3.8) is 0 Å². The molecule has 0 radical (unpaired) electrons. The van der Waals surface area contributed by atoms with Crippen molar-refractivity contribution in [3.05, 3.63) is 35.9 Å². The Bertz CT molecular complexity index is 598. The summed E-state index contributed by atoms with van der Waals surface area (Å²) in [5.41, 5.74) is -0.390. The summed E-state index contributed by atoms with van der Waals surface area (Å²) in [6.45, 7) is 3.13. The Kier molecular flexibility index (Phi) is 4.41. The Balaban J connectivity index is 2.10. The molecule has 1 amide bonds. The number of amides is 1. The maximum Gasteiger partial charge on any atom is 0.408 e. The number of rotatable bonds is 5. The average molecular weight is 329 g/mol. The van der Waals surface area contributed by atoms with Crippen LogP contribution in [0, 0.1) is 17.3 Å². The van der Waals surface area contributed by atoms with Gasteiger partial charge in [0.1, 0.15) is 6.04 Å². The topological polar surface area (TPSA) is 66.4 Å². The molecule has 1 aromatic carbocycles. The summed E-state index contributed by atoms with van der Waals surface area (Å²) in [7, 11) is 0. The van der Waals surface area contributed by atoms with Gasteiger partial charge in [-0.1, -0.05) is 44.2 Å². The molecule has 2 rings (SSSR count). The average Bonchev–Trinajstić information content (AvgIpc) is 3.01. The van der Waals surface area contributed by atoms with Crippen molar-refractivity contribution < 1.29 is 27.9 Å². The van der Waals surface area contributed by atoms with Gasteiger partial charge in [0, 0.05) is 6.42 Å². The summed E-state index contributed by atoms with van der Waals surface area (Å²) in [5.74, 6) is -3.92. The zero-order valence-electron chi connectivity index (χ0n) is 12.7. The van der Waals surface area contributed by atoms with Gasteiger partial charge in [-0.3, -0.25) is 9.59 Å². The van der Waals surface area contributed by atoms with Crippen molar-refractivity contribution >= 4 is 11.9 Å². The van der Waals surface area contributed by atoms with Crippen molar-refractivity contribution in [2.75, 3.05) is 0 Å². The van der Waals surface area contributed by atoms with Gasteiger partial charge in [-0.2, -0.15) is 13.2 Å². The van der Waals surface area contributed by atoms with E-state index in [0.29, 0.717) is 5.56 Å². The van der Waals surface area contributed by atoms with Gasteiger partial charge in [0.05, 0.1) is 11.8 Å². The van der Waals surface area contributed by atoms with E-state index in [2.05, 4.69) is 0 Å². The smallest absolute Gasteiger partial charge is 0.408 e. The first-order valence-electron chi connectivity index (χ1n) is 7.19. The van der Waals surface area contributed by atoms with Gasteiger partial charge in [0.25, 0.3) is 0 Å². The van der Waals surface area contributed by atoms with Crippen LogP contribution in [-0.2, 0) is 16.0 Å². The van der Waals surface area contributed by atoms with Crippen LogP contribution in [0.25, 0.3) is 0 Å². The van der Waals surface area contributed by atoms with Crippen LogP contribution in [0.15, 0.2) is 30.3 Å². The Morgan fingerprint density at radius 3 is 2.22 bits per heavy atom. The number of hydrogen-bond acceptors (Lipinski definition) is 2. The molecule has 1 aliphatic rings. The molecular weight excluding hydrogens is 311 g/mol. The number of benzene rings is 1. The van der Waals surface area contributed by atoms with Crippen LogP contribution in [-0.4, -0.2) is 29.2 Å². The van der Waals surface area contributed by atoms with E-state index in [0.717, 1.165) is 0 Å². The maximum absolute atomic E-state index is 13.2. The van der Waals surface area contributed by atoms with Crippen LogP contribution in [0.4, 0.5) is 13.2 Å². The second-order valence-corrected chi connectivity index (χ2v) is 6.41. The minimum atomic E-state index is -4.61. The van der Waals surface area contributed by atoms with Gasteiger partial charge >= 0.3 is 12.1 Å². The highest BCUT2D eigenvalue weighted by Crippen LogP contribution is 2.58. The molecule has 126 valence electrons. The highest BCUT2D eigenvalue weighted by Gasteiger charge is 2.66. The summed E-state index contributed by atoms with van der Waals surface area (Å²) in [5, 5.41) is 11.0. The highest BCUT2D eigenvalue weighted by molar-refractivity contribution is 5.91. The van der Waals surface area contributed by atoms with E-state index in [9.17, 15) is 22.8 Å². The molecule has 0 bridgehead atoms.